The Labute approximate surface area is 91.9 Å². The quantitative estimate of drug-likeness (QED) is 0.858. The highest BCUT2D eigenvalue weighted by atomic mass is 32.1. The standard InChI is InChI=1S/C9H13N5S/c1-6(2)5-14-4-3-7(13-14)8-11-12-9(10)15-8/h3-4,6H,5H2,1-2H3,(H2,10,12). The molecule has 80 valence electrons. The Morgan fingerprint density at radius 3 is 2.87 bits per heavy atom. The normalized spacial score (nSPS) is 11.1. The summed E-state index contributed by atoms with van der Waals surface area (Å²) >= 11 is 1.35. The lowest BCUT2D eigenvalue weighted by atomic mass is 10.2. The maximum Gasteiger partial charge on any atom is 0.203 e. The molecule has 0 aromatic carbocycles. The van der Waals surface area contributed by atoms with Gasteiger partial charge in [0.2, 0.25) is 5.13 Å². The van der Waals surface area contributed by atoms with Crippen LogP contribution in [0.1, 0.15) is 13.8 Å². The maximum absolute atomic E-state index is 5.51. The highest BCUT2D eigenvalue weighted by Crippen LogP contribution is 2.22. The molecule has 0 bridgehead atoms. The molecule has 0 spiro atoms. The van der Waals surface area contributed by atoms with Crippen LogP contribution in [0.5, 0.6) is 0 Å². The summed E-state index contributed by atoms with van der Waals surface area (Å²) in [6, 6.07) is 1.93. The van der Waals surface area contributed by atoms with Gasteiger partial charge in [0, 0.05) is 12.7 Å². The fourth-order valence-electron chi connectivity index (χ4n) is 1.29. The number of hydrogen-bond donors (Lipinski definition) is 1. The maximum atomic E-state index is 5.51. The van der Waals surface area contributed by atoms with Crippen molar-refractivity contribution in [2.45, 2.75) is 20.4 Å². The molecule has 0 amide bonds. The minimum atomic E-state index is 0.475. The average molecular weight is 223 g/mol. The van der Waals surface area contributed by atoms with Crippen molar-refractivity contribution >= 4 is 16.5 Å². The number of hydrogen-bond acceptors (Lipinski definition) is 5. The van der Waals surface area contributed by atoms with Crippen LogP contribution < -0.4 is 5.73 Å². The molecule has 2 heterocycles. The molecule has 0 aliphatic heterocycles. The molecule has 0 saturated carbocycles. The van der Waals surface area contributed by atoms with Crippen molar-refractivity contribution in [2.75, 3.05) is 5.73 Å². The number of nitrogens with two attached hydrogens (primary N) is 1. The van der Waals surface area contributed by atoms with Gasteiger partial charge in [-0.15, -0.1) is 10.2 Å². The van der Waals surface area contributed by atoms with E-state index in [0.717, 1.165) is 17.2 Å². The van der Waals surface area contributed by atoms with Crippen LogP contribution in [0.3, 0.4) is 0 Å². The molecular weight excluding hydrogens is 210 g/mol. The monoisotopic (exact) mass is 223 g/mol. The first kappa shape index (κ1) is 10.1. The topological polar surface area (TPSA) is 69.6 Å². The highest BCUT2D eigenvalue weighted by Gasteiger charge is 2.08. The molecule has 0 fully saturated rings. The van der Waals surface area contributed by atoms with E-state index in [1.165, 1.54) is 11.3 Å². The zero-order valence-electron chi connectivity index (χ0n) is 8.71. The summed E-state index contributed by atoms with van der Waals surface area (Å²) in [4.78, 5) is 0. The van der Waals surface area contributed by atoms with Crippen LogP contribution in [-0.4, -0.2) is 20.0 Å². The molecule has 0 radical (unpaired) electrons. The van der Waals surface area contributed by atoms with E-state index in [9.17, 15) is 0 Å². The minimum absolute atomic E-state index is 0.475. The minimum Gasteiger partial charge on any atom is -0.374 e. The second-order valence-corrected chi connectivity index (χ2v) is 4.77. The summed E-state index contributed by atoms with van der Waals surface area (Å²) in [5, 5.41) is 13.4. The fourth-order valence-corrected chi connectivity index (χ4v) is 1.86. The van der Waals surface area contributed by atoms with Gasteiger partial charge < -0.3 is 5.73 Å². The smallest absolute Gasteiger partial charge is 0.203 e. The first-order valence-corrected chi connectivity index (χ1v) is 5.59. The predicted octanol–water partition coefficient (Wildman–Crippen LogP) is 1.64. The Morgan fingerprint density at radius 2 is 2.27 bits per heavy atom. The lowest BCUT2D eigenvalue weighted by Gasteiger charge is -2.03. The summed E-state index contributed by atoms with van der Waals surface area (Å²) in [5.41, 5.74) is 6.35. The Balaban J connectivity index is 2.20. The summed E-state index contributed by atoms with van der Waals surface area (Å²) in [7, 11) is 0. The first-order chi connectivity index (χ1) is 7.15. The third kappa shape index (κ3) is 2.33. The van der Waals surface area contributed by atoms with Gasteiger partial charge in [-0.05, 0) is 12.0 Å². The van der Waals surface area contributed by atoms with Crippen LogP contribution in [0.25, 0.3) is 10.7 Å². The number of aromatic nitrogens is 4. The van der Waals surface area contributed by atoms with E-state index < -0.39 is 0 Å². The third-order valence-corrected chi connectivity index (χ3v) is 2.63. The van der Waals surface area contributed by atoms with E-state index in [0.29, 0.717) is 11.0 Å². The van der Waals surface area contributed by atoms with Gasteiger partial charge in [0.1, 0.15) is 5.69 Å². The lowest BCUT2D eigenvalue weighted by molar-refractivity contribution is 0.484. The fraction of sp³-hybridized carbons (Fsp3) is 0.444. The highest BCUT2D eigenvalue weighted by molar-refractivity contribution is 7.18. The van der Waals surface area contributed by atoms with Gasteiger partial charge in [-0.25, -0.2) is 0 Å². The van der Waals surface area contributed by atoms with Crippen molar-refractivity contribution in [1.29, 1.82) is 0 Å². The van der Waals surface area contributed by atoms with Gasteiger partial charge >= 0.3 is 0 Å². The summed E-state index contributed by atoms with van der Waals surface area (Å²) < 4.78 is 1.91. The van der Waals surface area contributed by atoms with Gasteiger partial charge in [0.05, 0.1) is 0 Å². The zero-order chi connectivity index (χ0) is 10.8. The Kier molecular flexibility index (Phi) is 2.68. The number of nitrogens with zero attached hydrogens (tertiary/aromatic N) is 4. The predicted molar refractivity (Wildman–Crippen MR) is 60.4 cm³/mol. The molecule has 0 unspecified atom stereocenters. The largest absolute Gasteiger partial charge is 0.374 e. The molecule has 5 nitrogen and oxygen atoms in total. The van der Waals surface area contributed by atoms with Crippen molar-refractivity contribution < 1.29 is 0 Å². The first-order valence-electron chi connectivity index (χ1n) is 4.78. The second kappa shape index (κ2) is 3.98. The SMILES string of the molecule is CC(C)Cn1ccc(-c2nnc(N)s2)n1. The van der Waals surface area contributed by atoms with Crippen LogP contribution in [-0.2, 0) is 6.54 Å². The van der Waals surface area contributed by atoms with Crippen molar-refractivity contribution in [3.8, 4) is 10.7 Å². The van der Waals surface area contributed by atoms with E-state index >= 15 is 0 Å². The van der Waals surface area contributed by atoms with Crippen LogP contribution in [0.2, 0.25) is 0 Å². The molecule has 2 aromatic rings. The van der Waals surface area contributed by atoms with E-state index in [2.05, 4.69) is 29.1 Å². The van der Waals surface area contributed by atoms with Crippen LogP contribution in [0.15, 0.2) is 12.3 Å². The molecule has 15 heavy (non-hydrogen) atoms. The molecular formula is C9H13N5S. The van der Waals surface area contributed by atoms with Gasteiger partial charge in [0.15, 0.2) is 5.01 Å². The van der Waals surface area contributed by atoms with E-state index in [-0.39, 0.29) is 0 Å². The average Bonchev–Trinajstić information content (AvgIpc) is 2.72. The Hall–Kier alpha value is -1.43. The molecule has 6 heteroatoms. The molecule has 0 aliphatic rings. The third-order valence-electron chi connectivity index (χ3n) is 1.85. The van der Waals surface area contributed by atoms with Crippen molar-refractivity contribution in [3.63, 3.8) is 0 Å². The molecule has 0 saturated heterocycles. The number of nitrogen functional groups attached to an aromatic ring is 1. The van der Waals surface area contributed by atoms with E-state index in [1.807, 2.05) is 16.9 Å². The van der Waals surface area contributed by atoms with Gasteiger partial charge in [-0.3, -0.25) is 4.68 Å². The van der Waals surface area contributed by atoms with Crippen LogP contribution in [0, 0.1) is 5.92 Å². The number of rotatable bonds is 3. The van der Waals surface area contributed by atoms with Crippen LogP contribution in [0.4, 0.5) is 5.13 Å². The van der Waals surface area contributed by atoms with E-state index in [1.54, 1.807) is 0 Å². The van der Waals surface area contributed by atoms with Gasteiger partial charge in [-0.1, -0.05) is 25.2 Å². The van der Waals surface area contributed by atoms with Crippen molar-refractivity contribution in [3.05, 3.63) is 12.3 Å². The zero-order valence-corrected chi connectivity index (χ0v) is 9.53. The molecule has 0 aliphatic carbocycles. The number of anilines is 1. The summed E-state index contributed by atoms with van der Waals surface area (Å²) in [6.45, 7) is 5.23. The van der Waals surface area contributed by atoms with E-state index in [4.69, 9.17) is 5.73 Å². The van der Waals surface area contributed by atoms with Crippen LogP contribution >= 0.6 is 11.3 Å². The lowest BCUT2D eigenvalue weighted by Crippen LogP contribution is -2.04. The second-order valence-electron chi connectivity index (χ2n) is 3.76. The van der Waals surface area contributed by atoms with Gasteiger partial charge in [0.25, 0.3) is 0 Å². The summed E-state index contributed by atoms with van der Waals surface area (Å²) in [6.07, 6.45) is 1.95. The molecule has 0 atom stereocenters. The molecule has 2 rings (SSSR count). The summed E-state index contributed by atoms with van der Waals surface area (Å²) in [5.74, 6) is 0.581. The molecule has 2 N–H and O–H groups in total. The Morgan fingerprint density at radius 1 is 1.47 bits per heavy atom. The van der Waals surface area contributed by atoms with Crippen molar-refractivity contribution in [2.24, 2.45) is 5.92 Å². The van der Waals surface area contributed by atoms with Gasteiger partial charge in [-0.2, -0.15) is 5.10 Å². The van der Waals surface area contributed by atoms with Crippen molar-refractivity contribution in [1.82, 2.24) is 20.0 Å². The molecule has 2 aromatic heterocycles. The Bertz CT molecular complexity index is 445.